The van der Waals surface area contributed by atoms with E-state index in [1.807, 2.05) is 24.3 Å². The summed E-state index contributed by atoms with van der Waals surface area (Å²) < 4.78 is 0. The predicted octanol–water partition coefficient (Wildman–Crippen LogP) is -3.43. The Morgan fingerprint density at radius 2 is 1.47 bits per heavy atom. The number of carbonyl (C=O) groups is 9. The third kappa shape index (κ3) is 13.7. The van der Waals surface area contributed by atoms with Crippen molar-refractivity contribution in [1.82, 2.24) is 41.8 Å². The number of aliphatic hydroxyl groups is 2. The van der Waals surface area contributed by atoms with E-state index in [1.54, 1.807) is 20.0 Å². The quantitative estimate of drug-likeness (QED) is 0.0549. The van der Waals surface area contributed by atoms with Crippen LogP contribution in [-0.2, 0) is 49.6 Å². The van der Waals surface area contributed by atoms with Crippen LogP contribution in [0.5, 0.6) is 0 Å². The molecule has 0 saturated carbocycles. The summed E-state index contributed by atoms with van der Waals surface area (Å²) in [6, 6.07) is -2.42. The molecule has 0 aliphatic carbocycles. The third-order valence-electron chi connectivity index (χ3n) is 9.70. The first-order valence-corrected chi connectivity index (χ1v) is 19.4. The highest BCUT2D eigenvalue weighted by molar-refractivity contribution is 5.97. The van der Waals surface area contributed by atoms with Gasteiger partial charge in [-0.3, -0.25) is 38.4 Å². The molecule has 1 aromatic carbocycles. The first kappa shape index (κ1) is 48.2. The first-order valence-electron chi connectivity index (χ1n) is 19.4. The summed E-state index contributed by atoms with van der Waals surface area (Å²) in [6.45, 7) is 4.54. The van der Waals surface area contributed by atoms with Crippen molar-refractivity contribution in [2.75, 3.05) is 19.7 Å². The zero-order valence-corrected chi connectivity index (χ0v) is 33.7. The minimum atomic E-state index is -1.80. The SMILES string of the molecule is CC(C)C[C@H](NC(=O)[C@H](CO)NC(=O)[C@H](C)NC(=O)[C@@H](NC(=O)[C@@H]1CCCN1C(=O)CNC(=O)[C@@H](N)Cc1c[nH]c2ccccc12)[C@@H](C)O)C(=O)N[C@@H](CC(=O)O)C(=O)O. The number of hydrogen-bond donors (Lipinski definition) is 12. The fraction of sp³-hybridized carbons (Fsp3) is 0.553. The molecule has 22 nitrogen and oxygen atoms in total. The molecular formula is C38H55N9O13. The van der Waals surface area contributed by atoms with Gasteiger partial charge in [-0.05, 0) is 57.1 Å². The fourth-order valence-corrected chi connectivity index (χ4v) is 6.50. The van der Waals surface area contributed by atoms with Gasteiger partial charge in [0.25, 0.3) is 0 Å². The zero-order valence-electron chi connectivity index (χ0n) is 33.7. The number of benzene rings is 1. The Kier molecular flexibility index (Phi) is 17.9. The van der Waals surface area contributed by atoms with Gasteiger partial charge in [-0.15, -0.1) is 0 Å². The Morgan fingerprint density at radius 3 is 2.08 bits per heavy atom. The number of aromatic nitrogens is 1. The molecule has 0 radical (unpaired) electrons. The summed E-state index contributed by atoms with van der Waals surface area (Å²) in [5.41, 5.74) is 7.83. The van der Waals surface area contributed by atoms with Crippen LogP contribution in [0.3, 0.4) is 0 Å². The van der Waals surface area contributed by atoms with Crippen LogP contribution < -0.4 is 37.6 Å². The minimum Gasteiger partial charge on any atom is -0.481 e. The van der Waals surface area contributed by atoms with Crippen molar-refractivity contribution in [1.29, 1.82) is 0 Å². The van der Waals surface area contributed by atoms with E-state index in [2.05, 4.69) is 36.9 Å². The van der Waals surface area contributed by atoms with Gasteiger partial charge in [-0.1, -0.05) is 32.0 Å². The van der Waals surface area contributed by atoms with Crippen LogP contribution in [-0.4, -0.2) is 152 Å². The lowest BCUT2D eigenvalue weighted by molar-refractivity contribution is -0.147. The number of aliphatic hydroxyl groups excluding tert-OH is 2. The average Bonchev–Trinajstić information content (AvgIpc) is 3.84. The molecule has 2 aromatic rings. The second-order valence-electron chi connectivity index (χ2n) is 15.0. The van der Waals surface area contributed by atoms with Crippen molar-refractivity contribution in [3.63, 3.8) is 0 Å². The highest BCUT2D eigenvalue weighted by Gasteiger charge is 2.38. The summed E-state index contributed by atoms with van der Waals surface area (Å²) in [6.07, 6.45) is 0.133. The molecule has 3 rings (SSSR count). The monoisotopic (exact) mass is 845 g/mol. The number of nitrogens with two attached hydrogens (primary N) is 1. The lowest BCUT2D eigenvalue weighted by atomic mass is 10.0. The maximum atomic E-state index is 13.4. The van der Waals surface area contributed by atoms with Gasteiger partial charge in [0.1, 0.15) is 36.3 Å². The largest absolute Gasteiger partial charge is 0.481 e. The van der Waals surface area contributed by atoms with Crippen molar-refractivity contribution >= 4 is 64.2 Å². The molecule has 7 amide bonds. The Labute approximate surface area is 344 Å². The van der Waals surface area contributed by atoms with E-state index in [0.29, 0.717) is 6.42 Å². The van der Waals surface area contributed by atoms with Crippen molar-refractivity contribution in [2.24, 2.45) is 11.7 Å². The second-order valence-corrected chi connectivity index (χ2v) is 15.0. The number of carboxylic acids is 2. The molecule has 0 spiro atoms. The van der Waals surface area contributed by atoms with E-state index in [9.17, 15) is 58.5 Å². The van der Waals surface area contributed by atoms with Crippen LogP contribution in [0, 0.1) is 5.92 Å². The van der Waals surface area contributed by atoms with Crippen LogP contribution in [0.4, 0.5) is 0 Å². The van der Waals surface area contributed by atoms with E-state index < -0.39 is 121 Å². The van der Waals surface area contributed by atoms with Gasteiger partial charge in [-0.25, -0.2) is 4.79 Å². The summed E-state index contributed by atoms with van der Waals surface area (Å²) in [4.78, 5) is 118. The number of carbonyl (C=O) groups excluding carboxylic acids is 7. The molecule has 60 heavy (non-hydrogen) atoms. The second kappa shape index (κ2) is 22.3. The summed E-state index contributed by atoms with van der Waals surface area (Å²) in [5, 5.41) is 53.4. The van der Waals surface area contributed by atoms with Crippen molar-refractivity contribution in [3.8, 4) is 0 Å². The Hall–Kier alpha value is -6.13. The number of rotatable bonds is 22. The molecule has 1 aliphatic rings. The molecule has 2 heterocycles. The molecule has 1 saturated heterocycles. The molecule has 1 aromatic heterocycles. The van der Waals surface area contributed by atoms with Crippen molar-refractivity contribution in [3.05, 3.63) is 36.0 Å². The van der Waals surface area contributed by atoms with Gasteiger partial charge in [0.15, 0.2) is 0 Å². The molecule has 1 aliphatic heterocycles. The van der Waals surface area contributed by atoms with Crippen LogP contribution in [0.25, 0.3) is 10.9 Å². The number of nitrogens with zero attached hydrogens (tertiary/aromatic N) is 1. The van der Waals surface area contributed by atoms with E-state index >= 15 is 0 Å². The number of H-pyrrole nitrogens is 1. The Balaban J connectivity index is 1.56. The molecule has 1 fully saturated rings. The number of aliphatic carboxylic acids is 2. The summed E-state index contributed by atoms with van der Waals surface area (Å²) >= 11 is 0. The predicted molar refractivity (Wildman–Crippen MR) is 211 cm³/mol. The van der Waals surface area contributed by atoms with Gasteiger partial charge in [0.2, 0.25) is 41.4 Å². The molecule has 22 heteroatoms. The lowest BCUT2D eigenvalue weighted by Gasteiger charge is -2.28. The topological polar surface area (TPSA) is 352 Å². The zero-order chi connectivity index (χ0) is 44.8. The molecular weight excluding hydrogens is 790 g/mol. The number of fused-ring (bicyclic) bond motifs is 1. The number of amides is 7. The maximum Gasteiger partial charge on any atom is 0.326 e. The Bertz CT molecular complexity index is 1900. The summed E-state index contributed by atoms with van der Waals surface area (Å²) in [5.74, 6) is -9.38. The highest BCUT2D eigenvalue weighted by atomic mass is 16.4. The van der Waals surface area contributed by atoms with E-state index in [4.69, 9.17) is 10.8 Å². The maximum absolute atomic E-state index is 13.4. The van der Waals surface area contributed by atoms with E-state index in [-0.39, 0.29) is 31.7 Å². The van der Waals surface area contributed by atoms with Crippen LogP contribution in [0.2, 0.25) is 0 Å². The number of para-hydroxylation sites is 1. The van der Waals surface area contributed by atoms with Crippen LogP contribution in [0.15, 0.2) is 30.5 Å². The molecule has 0 bridgehead atoms. The average molecular weight is 846 g/mol. The standard InChI is InChI=1S/C38H55N9O13/c1-18(2)12-25(34(55)44-26(38(59)60)14-30(51)52)43-35(56)27(17-48)45-32(53)19(3)42-37(58)31(20(4)49)46-36(57)28-10-7-11-47(28)29(50)16-41-33(54)23(39)13-21-15-40-24-9-6-5-8-22(21)24/h5-6,8-9,15,18-20,23,25-28,31,40,48-49H,7,10-14,16-17,39H2,1-4H3,(H,41,54)(H,42,58)(H,43,56)(H,44,55)(H,45,53)(H,46,57)(H,51,52)(H,59,60)/t19-,20+,23-,25-,26-,27-,28-,31-/m0/s1. The van der Waals surface area contributed by atoms with Gasteiger partial charge in [0, 0.05) is 23.6 Å². The van der Waals surface area contributed by atoms with Crippen molar-refractivity contribution in [2.45, 2.75) is 108 Å². The first-order chi connectivity index (χ1) is 28.2. The molecule has 330 valence electrons. The van der Waals surface area contributed by atoms with Crippen LogP contribution >= 0.6 is 0 Å². The fourth-order valence-electron chi connectivity index (χ4n) is 6.50. The number of nitrogens with one attached hydrogen (secondary N) is 7. The number of carboxylic acid groups (broad SMARTS) is 2. The Morgan fingerprint density at radius 1 is 0.833 bits per heavy atom. The van der Waals surface area contributed by atoms with Crippen molar-refractivity contribution < 1.29 is 63.6 Å². The number of likely N-dealkylation sites (tertiary alicyclic amines) is 1. The molecule has 13 N–H and O–H groups in total. The lowest BCUT2D eigenvalue weighted by Crippen LogP contribution is -2.61. The van der Waals surface area contributed by atoms with Gasteiger partial charge < -0.3 is 67.9 Å². The minimum absolute atomic E-state index is 0.0346. The smallest absolute Gasteiger partial charge is 0.326 e. The van der Waals surface area contributed by atoms with Crippen LogP contribution in [0.1, 0.15) is 58.9 Å². The normalized spacial score (nSPS) is 17.3. The van der Waals surface area contributed by atoms with E-state index in [0.717, 1.165) is 16.5 Å². The molecule has 8 atom stereocenters. The number of hydrogen-bond acceptors (Lipinski definition) is 12. The highest BCUT2D eigenvalue weighted by Crippen LogP contribution is 2.20. The molecule has 0 unspecified atom stereocenters. The van der Waals surface area contributed by atoms with E-state index in [1.165, 1.54) is 18.7 Å². The van der Waals surface area contributed by atoms with Gasteiger partial charge in [0.05, 0.1) is 31.7 Å². The van der Waals surface area contributed by atoms with Gasteiger partial charge in [-0.2, -0.15) is 0 Å². The third-order valence-corrected chi connectivity index (χ3v) is 9.70. The summed E-state index contributed by atoms with van der Waals surface area (Å²) in [7, 11) is 0. The number of aromatic amines is 1. The van der Waals surface area contributed by atoms with Gasteiger partial charge >= 0.3 is 11.9 Å².